The van der Waals surface area contributed by atoms with E-state index in [1.807, 2.05) is 43.7 Å². The summed E-state index contributed by atoms with van der Waals surface area (Å²) in [5.74, 6) is 0. The monoisotopic (exact) mass is 248 g/mol. The van der Waals surface area contributed by atoms with Gasteiger partial charge in [-0.2, -0.15) is 0 Å². The van der Waals surface area contributed by atoms with Gasteiger partial charge in [0.25, 0.3) is 0 Å². The summed E-state index contributed by atoms with van der Waals surface area (Å²) >= 11 is 1.67. The molecule has 1 aromatic carbocycles. The van der Waals surface area contributed by atoms with Crippen molar-refractivity contribution < 1.29 is 5.11 Å². The van der Waals surface area contributed by atoms with Crippen molar-refractivity contribution in [1.82, 2.24) is 4.98 Å². The molecule has 0 unspecified atom stereocenters. The molecule has 0 amide bonds. The molecule has 0 aliphatic heterocycles. The quantitative estimate of drug-likeness (QED) is 0.903. The van der Waals surface area contributed by atoms with Crippen LogP contribution in [0.1, 0.15) is 16.1 Å². The molecular weight excluding hydrogens is 232 g/mol. The van der Waals surface area contributed by atoms with Crippen LogP contribution in [0.5, 0.6) is 0 Å². The number of nitrogens with zero attached hydrogens (tertiary/aromatic N) is 2. The minimum Gasteiger partial charge on any atom is -0.392 e. The lowest BCUT2D eigenvalue weighted by Gasteiger charge is -2.21. The Labute approximate surface area is 105 Å². The van der Waals surface area contributed by atoms with Gasteiger partial charge in [0.2, 0.25) is 0 Å². The maximum Gasteiger partial charge on any atom is 0.0798 e. The highest BCUT2D eigenvalue weighted by Gasteiger charge is 2.09. The lowest BCUT2D eigenvalue weighted by atomic mass is 10.1. The Hall–Kier alpha value is -1.39. The van der Waals surface area contributed by atoms with Crippen molar-refractivity contribution in [1.29, 1.82) is 0 Å². The van der Waals surface area contributed by atoms with Crippen molar-refractivity contribution in [3.05, 3.63) is 45.9 Å². The van der Waals surface area contributed by atoms with E-state index >= 15 is 0 Å². The number of thiazole rings is 1. The van der Waals surface area contributed by atoms with Crippen LogP contribution in [0.4, 0.5) is 5.69 Å². The summed E-state index contributed by atoms with van der Waals surface area (Å²) in [5, 5.41) is 9.31. The van der Waals surface area contributed by atoms with Crippen molar-refractivity contribution in [3.8, 4) is 0 Å². The number of aryl methyl sites for hydroxylation is 1. The van der Waals surface area contributed by atoms with Gasteiger partial charge in [-0.1, -0.05) is 18.2 Å². The first-order chi connectivity index (χ1) is 8.22. The molecule has 0 spiro atoms. The molecular formula is C13H16N2OS. The Morgan fingerprint density at radius 3 is 2.76 bits per heavy atom. The fourth-order valence-corrected chi connectivity index (χ4v) is 2.62. The van der Waals surface area contributed by atoms with Gasteiger partial charge in [-0.3, -0.25) is 0 Å². The molecule has 1 aromatic heterocycles. The minimum atomic E-state index is 0.0716. The highest BCUT2D eigenvalue weighted by atomic mass is 32.1. The molecule has 2 rings (SSSR count). The summed E-state index contributed by atoms with van der Waals surface area (Å²) in [5.41, 5.74) is 4.99. The van der Waals surface area contributed by atoms with Crippen LogP contribution in [0.3, 0.4) is 0 Å². The Morgan fingerprint density at radius 2 is 2.12 bits per heavy atom. The molecule has 1 N–H and O–H groups in total. The number of aliphatic hydroxyl groups is 1. The number of benzene rings is 1. The van der Waals surface area contributed by atoms with Crippen LogP contribution >= 0.6 is 11.3 Å². The molecule has 1 heterocycles. The predicted octanol–water partition coefficient (Wildman–Crippen LogP) is 2.58. The van der Waals surface area contributed by atoms with E-state index in [9.17, 15) is 5.11 Å². The fraction of sp³-hybridized carbons (Fsp3) is 0.308. The van der Waals surface area contributed by atoms with E-state index in [0.29, 0.717) is 0 Å². The molecule has 90 valence electrons. The smallest absolute Gasteiger partial charge is 0.0798 e. The van der Waals surface area contributed by atoms with Crippen LogP contribution in [0.25, 0.3) is 0 Å². The second kappa shape index (κ2) is 5.29. The van der Waals surface area contributed by atoms with Crippen molar-refractivity contribution in [2.75, 3.05) is 11.9 Å². The van der Waals surface area contributed by atoms with Gasteiger partial charge < -0.3 is 10.0 Å². The molecule has 0 bridgehead atoms. The first-order valence-corrected chi connectivity index (χ1v) is 6.39. The molecule has 0 saturated heterocycles. The summed E-state index contributed by atoms with van der Waals surface area (Å²) in [7, 11) is 2.04. The van der Waals surface area contributed by atoms with E-state index in [1.165, 1.54) is 4.88 Å². The first kappa shape index (κ1) is 12.1. The Bertz CT molecular complexity index is 496. The van der Waals surface area contributed by atoms with E-state index in [2.05, 4.69) is 9.88 Å². The van der Waals surface area contributed by atoms with Crippen LogP contribution in [0.15, 0.2) is 29.8 Å². The number of rotatable bonds is 4. The van der Waals surface area contributed by atoms with E-state index in [0.717, 1.165) is 23.5 Å². The third-order valence-electron chi connectivity index (χ3n) is 2.80. The predicted molar refractivity (Wildman–Crippen MR) is 71.3 cm³/mol. The van der Waals surface area contributed by atoms with Gasteiger partial charge >= 0.3 is 0 Å². The lowest BCUT2D eigenvalue weighted by Crippen LogP contribution is -2.17. The van der Waals surface area contributed by atoms with Gasteiger partial charge in [0.15, 0.2) is 0 Å². The zero-order valence-electron chi connectivity index (χ0n) is 10.1. The number of anilines is 1. The van der Waals surface area contributed by atoms with Gasteiger partial charge in [-0.05, 0) is 13.0 Å². The van der Waals surface area contributed by atoms with E-state index in [1.54, 1.807) is 11.3 Å². The van der Waals surface area contributed by atoms with Crippen LogP contribution < -0.4 is 4.90 Å². The van der Waals surface area contributed by atoms with Crippen molar-refractivity contribution in [3.63, 3.8) is 0 Å². The summed E-state index contributed by atoms with van der Waals surface area (Å²) in [6.45, 7) is 2.92. The van der Waals surface area contributed by atoms with Crippen LogP contribution in [-0.4, -0.2) is 17.1 Å². The van der Waals surface area contributed by atoms with Crippen molar-refractivity contribution >= 4 is 17.0 Å². The van der Waals surface area contributed by atoms with E-state index in [-0.39, 0.29) is 6.61 Å². The highest BCUT2D eigenvalue weighted by molar-refractivity contribution is 7.09. The Morgan fingerprint density at radius 1 is 1.35 bits per heavy atom. The normalized spacial score (nSPS) is 10.5. The van der Waals surface area contributed by atoms with Gasteiger partial charge in [0.05, 0.1) is 24.4 Å². The lowest BCUT2D eigenvalue weighted by molar-refractivity contribution is 0.282. The fourth-order valence-electron chi connectivity index (χ4n) is 1.80. The molecule has 2 aromatic rings. The summed E-state index contributed by atoms with van der Waals surface area (Å²) in [4.78, 5) is 7.66. The maximum absolute atomic E-state index is 9.31. The molecule has 0 aliphatic carbocycles. The van der Waals surface area contributed by atoms with Gasteiger partial charge in [0, 0.05) is 23.2 Å². The van der Waals surface area contributed by atoms with E-state index < -0.39 is 0 Å². The number of hydrogen-bond acceptors (Lipinski definition) is 4. The third kappa shape index (κ3) is 2.65. The molecule has 0 radical (unpaired) electrons. The zero-order chi connectivity index (χ0) is 12.3. The summed E-state index contributed by atoms with van der Waals surface area (Å²) in [6.07, 6.45) is 0. The number of aliphatic hydroxyl groups excluding tert-OH is 1. The second-order valence-electron chi connectivity index (χ2n) is 4.00. The SMILES string of the molecule is Cc1ncsc1CN(C)c1ccccc1CO. The first-order valence-electron chi connectivity index (χ1n) is 5.51. The van der Waals surface area contributed by atoms with Gasteiger partial charge in [-0.15, -0.1) is 11.3 Å². The van der Waals surface area contributed by atoms with Gasteiger partial charge in [0.1, 0.15) is 0 Å². The van der Waals surface area contributed by atoms with Crippen LogP contribution in [0.2, 0.25) is 0 Å². The third-order valence-corrected chi connectivity index (χ3v) is 3.72. The molecule has 4 heteroatoms. The average Bonchev–Trinajstić information content (AvgIpc) is 2.75. The summed E-state index contributed by atoms with van der Waals surface area (Å²) < 4.78 is 0. The number of aromatic nitrogens is 1. The number of para-hydroxylation sites is 1. The average molecular weight is 248 g/mol. The summed E-state index contributed by atoms with van der Waals surface area (Å²) in [6, 6.07) is 7.92. The largest absolute Gasteiger partial charge is 0.392 e. The minimum absolute atomic E-state index is 0.0716. The molecule has 0 atom stereocenters. The number of hydrogen-bond donors (Lipinski definition) is 1. The Balaban J connectivity index is 2.20. The Kier molecular flexibility index (Phi) is 3.76. The second-order valence-corrected chi connectivity index (χ2v) is 4.94. The highest BCUT2D eigenvalue weighted by Crippen LogP contribution is 2.23. The molecule has 3 nitrogen and oxygen atoms in total. The topological polar surface area (TPSA) is 36.4 Å². The van der Waals surface area contributed by atoms with Gasteiger partial charge in [-0.25, -0.2) is 4.98 Å². The van der Waals surface area contributed by atoms with Crippen molar-refractivity contribution in [2.45, 2.75) is 20.1 Å². The zero-order valence-corrected chi connectivity index (χ0v) is 10.9. The molecule has 0 fully saturated rings. The standard InChI is InChI=1S/C13H16N2OS/c1-10-13(17-9-14-10)7-15(2)12-6-4-3-5-11(12)8-16/h3-6,9,16H,7-8H2,1-2H3. The van der Waals surface area contributed by atoms with Crippen LogP contribution in [0, 0.1) is 6.92 Å². The van der Waals surface area contributed by atoms with E-state index in [4.69, 9.17) is 0 Å². The molecule has 0 aliphatic rings. The van der Waals surface area contributed by atoms with Crippen molar-refractivity contribution in [2.24, 2.45) is 0 Å². The molecule has 0 saturated carbocycles. The molecule has 17 heavy (non-hydrogen) atoms. The van der Waals surface area contributed by atoms with Crippen LogP contribution in [-0.2, 0) is 13.2 Å². The maximum atomic E-state index is 9.31.